The molecule has 0 N–H and O–H groups in total. The van der Waals surface area contributed by atoms with Crippen molar-refractivity contribution in [3.63, 3.8) is 0 Å². The lowest BCUT2D eigenvalue weighted by atomic mass is 9.93. The summed E-state index contributed by atoms with van der Waals surface area (Å²) in [6, 6.07) is 55.7. The lowest BCUT2D eigenvalue weighted by Gasteiger charge is -2.34. The molecule has 0 aliphatic heterocycles. The molecule has 0 spiro atoms. The lowest BCUT2D eigenvalue weighted by molar-refractivity contribution is 0.670. The zero-order chi connectivity index (χ0) is 38.2. The van der Waals surface area contributed by atoms with Crippen LogP contribution in [0.25, 0.3) is 86.1 Å². The summed E-state index contributed by atoms with van der Waals surface area (Å²) in [7, 11) is 0. The fourth-order valence-corrected chi connectivity index (χ4v) is 11.7. The van der Waals surface area contributed by atoms with Gasteiger partial charge in [-0.2, -0.15) is 0 Å². The fraction of sp³-hybridized carbons (Fsp3) is 0.0741. The van der Waals surface area contributed by atoms with Crippen LogP contribution in [0.15, 0.2) is 180 Å². The number of aryl methyl sites for hydroxylation is 1. The van der Waals surface area contributed by atoms with Gasteiger partial charge in [-0.3, -0.25) is 0 Å². The van der Waals surface area contributed by atoms with E-state index in [2.05, 4.69) is 181 Å². The second-order valence-electron chi connectivity index (χ2n) is 15.5. The number of furan rings is 1. The standard InChI is InChI=1S/C54H37NOS2/c1-4-22-49-43(15-1)46-20-9-18-41(53(46)56-49)36-11-7-13-39(31-36)55(38-28-25-34(26-29-38)35-27-30-52-48(33-35)45-17-3-5-23-50(45)57-52)40-14-8-12-37(32-40)42-19-10-21-47-44-16-2-6-24-51(44)58-54(42)47/h1-2,4-16,18-28,30-33,38H,3,17,29H2. The van der Waals surface area contributed by atoms with Crippen molar-refractivity contribution in [2.45, 2.75) is 25.3 Å². The van der Waals surface area contributed by atoms with Gasteiger partial charge in [0.2, 0.25) is 0 Å². The average Bonchev–Trinajstić information content (AvgIpc) is 3.98. The van der Waals surface area contributed by atoms with E-state index in [1.807, 2.05) is 28.7 Å². The van der Waals surface area contributed by atoms with Gasteiger partial charge < -0.3 is 9.32 Å². The van der Waals surface area contributed by atoms with Crippen molar-refractivity contribution in [3.05, 3.63) is 192 Å². The number of allylic oxidation sites excluding steroid dienone is 3. The Morgan fingerprint density at radius 2 is 1.28 bits per heavy atom. The molecule has 2 aliphatic rings. The van der Waals surface area contributed by atoms with Crippen molar-refractivity contribution in [2.24, 2.45) is 0 Å². The maximum atomic E-state index is 6.53. The number of anilines is 2. The van der Waals surface area contributed by atoms with Gasteiger partial charge in [0.15, 0.2) is 0 Å². The van der Waals surface area contributed by atoms with Crippen LogP contribution in [0.1, 0.15) is 28.8 Å². The molecule has 0 bridgehead atoms. The Balaban J connectivity index is 0.968. The van der Waals surface area contributed by atoms with E-state index < -0.39 is 0 Å². The first kappa shape index (κ1) is 33.7. The molecule has 0 amide bonds. The van der Waals surface area contributed by atoms with Crippen LogP contribution in [-0.4, -0.2) is 6.04 Å². The van der Waals surface area contributed by atoms with Crippen molar-refractivity contribution in [3.8, 4) is 22.3 Å². The predicted octanol–water partition coefficient (Wildman–Crippen LogP) is 16.0. The van der Waals surface area contributed by atoms with E-state index in [0.717, 1.165) is 58.0 Å². The quantitative estimate of drug-likeness (QED) is 0.167. The van der Waals surface area contributed by atoms with Crippen molar-refractivity contribution >= 4 is 97.9 Å². The van der Waals surface area contributed by atoms with Crippen molar-refractivity contribution in [2.75, 3.05) is 4.90 Å². The SMILES string of the molecule is C1=Cc2sc3ccc(C4=CCC(N(c5cccc(-c6cccc7c6oc6ccccc67)c5)c5cccc(-c6cccc7c6sc6ccccc67)c5)C=C4)cc3c2CC1. The highest BCUT2D eigenvalue weighted by molar-refractivity contribution is 7.26. The molecule has 0 radical (unpaired) electrons. The first-order valence-electron chi connectivity index (χ1n) is 20.1. The van der Waals surface area contributed by atoms with Crippen LogP contribution >= 0.6 is 22.7 Å². The minimum atomic E-state index is 0.110. The molecule has 3 aromatic heterocycles. The van der Waals surface area contributed by atoms with Crippen LogP contribution in [-0.2, 0) is 6.42 Å². The third kappa shape index (κ3) is 5.51. The zero-order valence-electron chi connectivity index (χ0n) is 31.7. The van der Waals surface area contributed by atoms with Gasteiger partial charge in [-0.15, -0.1) is 22.7 Å². The summed E-state index contributed by atoms with van der Waals surface area (Å²) in [5, 5.41) is 6.35. The van der Waals surface area contributed by atoms with E-state index in [9.17, 15) is 0 Å². The number of hydrogen-bond donors (Lipinski definition) is 0. The number of hydrogen-bond acceptors (Lipinski definition) is 4. The lowest BCUT2D eigenvalue weighted by Crippen LogP contribution is -2.30. The fourth-order valence-electron chi connectivity index (χ4n) is 9.30. The molecule has 4 heteroatoms. The zero-order valence-corrected chi connectivity index (χ0v) is 33.3. The van der Waals surface area contributed by atoms with E-state index in [1.165, 1.54) is 68.6 Å². The van der Waals surface area contributed by atoms with E-state index >= 15 is 0 Å². The molecule has 3 heterocycles. The van der Waals surface area contributed by atoms with Crippen LogP contribution in [0, 0.1) is 0 Å². The minimum Gasteiger partial charge on any atom is -0.455 e. The number of nitrogens with zero attached hydrogens (tertiary/aromatic N) is 1. The molecule has 276 valence electrons. The molecular weight excluding hydrogens is 743 g/mol. The Bertz CT molecular complexity index is 3190. The molecule has 1 atom stereocenters. The number of thiophene rings is 2. The van der Waals surface area contributed by atoms with Gasteiger partial charge in [-0.05, 0) is 113 Å². The van der Waals surface area contributed by atoms with E-state index in [4.69, 9.17) is 4.42 Å². The van der Waals surface area contributed by atoms with Crippen LogP contribution in [0.3, 0.4) is 0 Å². The van der Waals surface area contributed by atoms with Crippen LogP contribution in [0.5, 0.6) is 0 Å². The Labute approximate surface area is 344 Å². The highest BCUT2D eigenvalue weighted by Gasteiger charge is 2.23. The first-order chi connectivity index (χ1) is 28.7. The molecular formula is C54H37NOS2. The average molecular weight is 780 g/mol. The van der Waals surface area contributed by atoms with E-state index in [1.54, 1.807) is 0 Å². The Morgan fingerprint density at radius 1 is 0.552 bits per heavy atom. The monoisotopic (exact) mass is 779 g/mol. The molecule has 2 aliphatic carbocycles. The van der Waals surface area contributed by atoms with Gasteiger partial charge in [-0.1, -0.05) is 127 Å². The summed E-state index contributed by atoms with van der Waals surface area (Å²) >= 11 is 3.81. The first-order valence-corrected chi connectivity index (χ1v) is 21.8. The molecule has 0 saturated heterocycles. The molecule has 12 rings (SSSR count). The highest BCUT2D eigenvalue weighted by atomic mass is 32.1. The minimum absolute atomic E-state index is 0.110. The van der Waals surface area contributed by atoms with Gasteiger partial charge in [0.1, 0.15) is 11.2 Å². The number of fused-ring (bicyclic) bond motifs is 9. The molecule has 0 saturated carbocycles. The van der Waals surface area contributed by atoms with E-state index in [0.29, 0.717) is 0 Å². The molecule has 7 aromatic carbocycles. The van der Waals surface area contributed by atoms with E-state index in [-0.39, 0.29) is 6.04 Å². The second-order valence-corrected chi connectivity index (χ2v) is 17.6. The summed E-state index contributed by atoms with van der Waals surface area (Å²) in [4.78, 5) is 3.96. The predicted molar refractivity (Wildman–Crippen MR) is 251 cm³/mol. The Morgan fingerprint density at radius 3 is 2.12 bits per heavy atom. The largest absolute Gasteiger partial charge is 0.455 e. The maximum Gasteiger partial charge on any atom is 0.143 e. The smallest absolute Gasteiger partial charge is 0.143 e. The normalized spacial score (nSPS) is 15.2. The number of benzene rings is 7. The Hall–Kier alpha value is -6.46. The molecule has 0 fully saturated rings. The molecule has 2 nitrogen and oxygen atoms in total. The van der Waals surface area contributed by atoms with Crippen LogP contribution in [0.2, 0.25) is 0 Å². The topological polar surface area (TPSA) is 16.4 Å². The number of para-hydroxylation sites is 2. The third-order valence-corrected chi connectivity index (χ3v) is 14.5. The van der Waals surface area contributed by atoms with Gasteiger partial charge in [0, 0.05) is 57.5 Å². The van der Waals surface area contributed by atoms with Gasteiger partial charge in [0.25, 0.3) is 0 Å². The van der Waals surface area contributed by atoms with Gasteiger partial charge in [0.05, 0.1) is 6.04 Å². The highest BCUT2D eigenvalue weighted by Crippen LogP contribution is 2.44. The van der Waals surface area contributed by atoms with Crippen molar-refractivity contribution in [1.82, 2.24) is 0 Å². The summed E-state index contributed by atoms with van der Waals surface area (Å²) in [5.41, 5.74) is 13.0. The maximum absolute atomic E-state index is 6.53. The Kier molecular flexibility index (Phi) is 7.89. The van der Waals surface area contributed by atoms with Gasteiger partial charge in [-0.25, -0.2) is 0 Å². The number of rotatable bonds is 6. The summed E-state index contributed by atoms with van der Waals surface area (Å²) in [5.74, 6) is 0. The third-order valence-electron chi connectivity index (χ3n) is 12.1. The second kappa shape index (κ2) is 13.6. The van der Waals surface area contributed by atoms with Crippen molar-refractivity contribution < 1.29 is 4.42 Å². The molecule has 58 heavy (non-hydrogen) atoms. The van der Waals surface area contributed by atoms with Crippen LogP contribution < -0.4 is 4.90 Å². The molecule has 1 unspecified atom stereocenters. The summed E-state index contributed by atoms with van der Waals surface area (Å²) in [6.45, 7) is 0. The summed E-state index contributed by atoms with van der Waals surface area (Å²) in [6.07, 6.45) is 15.0. The summed E-state index contributed by atoms with van der Waals surface area (Å²) < 4.78 is 10.6. The molecule has 10 aromatic rings. The van der Waals surface area contributed by atoms with Crippen LogP contribution in [0.4, 0.5) is 11.4 Å². The van der Waals surface area contributed by atoms with Gasteiger partial charge >= 0.3 is 0 Å². The van der Waals surface area contributed by atoms with Crippen molar-refractivity contribution in [1.29, 1.82) is 0 Å².